The third-order valence-corrected chi connectivity index (χ3v) is 5.53. The number of aliphatic hydroxyl groups is 3. The molecule has 12 nitrogen and oxygen atoms in total. The molecule has 4 rings (SSSR count). The van der Waals surface area contributed by atoms with E-state index in [1.165, 1.54) is 20.3 Å². The molecule has 12 heteroatoms. The number of benzene rings is 2. The van der Waals surface area contributed by atoms with E-state index in [2.05, 4.69) is 0 Å². The summed E-state index contributed by atoms with van der Waals surface area (Å²) < 4.78 is 27.2. The molecule has 5 unspecified atom stereocenters. The molecule has 0 spiro atoms. The number of aliphatic hydroxyl groups excluding tert-OH is 3. The Hall–Kier alpha value is -3.84. The van der Waals surface area contributed by atoms with E-state index in [4.69, 9.17) is 23.4 Å². The molecular formula is C23H22O12. The van der Waals surface area contributed by atoms with Gasteiger partial charge in [-0.2, -0.15) is 0 Å². The zero-order valence-electron chi connectivity index (χ0n) is 18.4. The smallest absolute Gasteiger partial charge is 0.335 e. The normalized spacial score (nSPS) is 24.2. The van der Waals surface area contributed by atoms with E-state index in [1.54, 1.807) is 24.3 Å². The Bertz CT molecular complexity index is 1320. The lowest BCUT2D eigenvalue weighted by molar-refractivity contribution is -0.271. The minimum atomic E-state index is -1.92. The van der Waals surface area contributed by atoms with E-state index in [9.17, 15) is 35.1 Å². The van der Waals surface area contributed by atoms with Crippen LogP contribution in [-0.2, 0) is 9.53 Å². The molecule has 1 aliphatic heterocycles. The number of fused-ring (bicyclic) bond motifs is 1. The molecule has 0 radical (unpaired) electrons. The number of aromatic hydroxyl groups is 1. The second kappa shape index (κ2) is 9.43. The van der Waals surface area contributed by atoms with Crippen LogP contribution < -0.4 is 19.6 Å². The molecule has 5 atom stereocenters. The highest BCUT2D eigenvalue weighted by atomic mass is 16.7. The predicted molar refractivity (Wildman–Crippen MR) is 118 cm³/mol. The van der Waals surface area contributed by atoms with Gasteiger partial charge in [0.05, 0.1) is 19.8 Å². The summed E-state index contributed by atoms with van der Waals surface area (Å²) in [6.45, 7) is 0. The predicted octanol–water partition coefficient (Wildman–Crippen LogP) is 0.454. The number of phenols is 1. The molecule has 0 aliphatic carbocycles. The zero-order valence-corrected chi connectivity index (χ0v) is 18.4. The SMILES string of the molecule is COc1ccccc1-c1cc(=O)c2c(O)cc(OC3OC(C(=O)O)C(O)C(O)C3O)c(OC)c2o1. The van der Waals surface area contributed by atoms with Crippen molar-refractivity contribution in [2.45, 2.75) is 30.7 Å². The van der Waals surface area contributed by atoms with Gasteiger partial charge in [-0.05, 0) is 12.1 Å². The number of aliphatic carboxylic acids is 1. The molecule has 5 N–H and O–H groups in total. The van der Waals surface area contributed by atoms with Crippen LogP contribution in [0.4, 0.5) is 0 Å². The molecule has 0 saturated carbocycles. The van der Waals surface area contributed by atoms with Crippen molar-refractivity contribution in [2.75, 3.05) is 14.2 Å². The summed E-state index contributed by atoms with van der Waals surface area (Å²) in [5.74, 6) is -2.14. The van der Waals surface area contributed by atoms with E-state index < -0.39 is 47.9 Å². The lowest BCUT2D eigenvalue weighted by Crippen LogP contribution is -2.61. The highest BCUT2D eigenvalue weighted by Crippen LogP contribution is 2.43. The molecule has 2 heterocycles. The number of rotatable bonds is 6. The standard InChI is InChI=1S/C23H22O12/c1-31-12-6-4-3-5-9(12)13-7-10(24)15-11(25)8-14(19(32-2)20(15)33-13)34-23-18(28)16(26)17(27)21(35-23)22(29)30/h3-8,16-18,21,23,25-28H,1-2H3,(H,29,30). The Morgan fingerprint density at radius 3 is 2.34 bits per heavy atom. The van der Waals surface area contributed by atoms with Crippen molar-refractivity contribution in [1.82, 2.24) is 0 Å². The second-order valence-electron chi connectivity index (χ2n) is 7.66. The van der Waals surface area contributed by atoms with Crippen LogP contribution in [0.3, 0.4) is 0 Å². The third-order valence-electron chi connectivity index (χ3n) is 5.53. The van der Waals surface area contributed by atoms with Gasteiger partial charge in [0, 0.05) is 12.1 Å². The van der Waals surface area contributed by atoms with Gasteiger partial charge in [0.2, 0.25) is 12.0 Å². The highest BCUT2D eigenvalue weighted by molar-refractivity contribution is 5.92. The fourth-order valence-corrected chi connectivity index (χ4v) is 3.81. The Morgan fingerprint density at radius 1 is 0.971 bits per heavy atom. The number of carboxylic acids is 1. The Balaban J connectivity index is 1.84. The van der Waals surface area contributed by atoms with E-state index in [1.807, 2.05) is 0 Å². The number of phenolic OH excluding ortho intramolecular Hbond substituents is 1. The number of ether oxygens (including phenoxy) is 4. The average Bonchev–Trinajstić information content (AvgIpc) is 2.83. The summed E-state index contributed by atoms with van der Waals surface area (Å²) in [6.07, 6.45) is -9.39. The molecule has 35 heavy (non-hydrogen) atoms. The topological polar surface area (TPSA) is 185 Å². The van der Waals surface area contributed by atoms with Gasteiger partial charge in [-0.25, -0.2) is 4.79 Å². The van der Waals surface area contributed by atoms with Gasteiger partial charge in [-0.15, -0.1) is 0 Å². The van der Waals surface area contributed by atoms with Crippen molar-refractivity contribution in [1.29, 1.82) is 0 Å². The van der Waals surface area contributed by atoms with Crippen LogP contribution >= 0.6 is 0 Å². The minimum absolute atomic E-state index is 0.0910. The molecular weight excluding hydrogens is 468 g/mol. The molecule has 186 valence electrons. The molecule has 1 saturated heterocycles. The number of hydrogen-bond donors (Lipinski definition) is 5. The molecule has 0 amide bonds. The van der Waals surface area contributed by atoms with Crippen molar-refractivity contribution in [3.63, 3.8) is 0 Å². The van der Waals surface area contributed by atoms with Crippen molar-refractivity contribution >= 4 is 16.9 Å². The quantitative estimate of drug-likeness (QED) is 0.322. The van der Waals surface area contributed by atoms with E-state index >= 15 is 0 Å². The maximum atomic E-state index is 12.9. The molecule has 1 fully saturated rings. The Labute approximate surface area is 197 Å². The number of carbonyl (C=O) groups is 1. The van der Waals surface area contributed by atoms with E-state index in [0.717, 1.165) is 6.07 Å². The summed E-state index contributed by atoms with van der Waals surface area (Å²) in [4.78, 5) is 24.2. The summed E-state index contributed by atoms with van der Waals surface area (Å²) >= 11 is 0. The molecule has 0 bridgehead atoms. The van der Waals surface area contributed by atoms with Crippen molar-refractivity contribution < 1.29 is 53.7 Å². The fraction of sp³-hybridized carbons (Fsp3) is 0.304. The van der Waals surface area contributed by atoms with Gasteiger partial charge < -0.3 is 48.9 Å². The van der Waals surface area contributed by atoms with Crippen LogP contribution in [0.2, 0.25) is 0 Å². The molecule has 3 aromatic rings. The van der Waals surface area contributed by atoms with Crippen LogP contribution in [-0.4, -0.2) is 76.4 Å². The Morgan fingerprint density at radius 2 is 1.69 bits per heavy atom. The molecule has 2 aromatic carbocycles. The number of para-hydroxylation sites is 1. The number of carboxylic acid groups (broad SMARTS) is 1. The zero-order chi connectivity index (χ0) is 25.4. The lowest BCUT2D eigenvalue weighted by atomic mass is 9.99. The molecule has 1 aromatic heterocycles. The van der Waals surface area contributed by atoms with E-state index in [0.29, 0.717) is 11.3 Å². The largest absolute Gasteiger partial charge is 0.507 e. The van der Waals surface area contributed by atoms with Crippen LogP contribution in [0.25, 0.3) is 22.3 Å². The van der Waals surface area contributed by atoms with Gasteiger partial charge in [0.1, 0.15) is 41.0 Å². The number of hydrogen-bond acceptors (Lipinski definition) is 11. The van der Waals surface area contributed by atoms with Gasteiger partial charge in [0.15, 0.2) is 22.9 Å². The van der Waals surface area contributed by atoms with Gasteiger partial charge in [-0.1, -0.05) is 12.1 Å². The maximum absolute atomic E-state index is 12.9. The van der Waals surface area contributed by atoms with Gasteiger partial charge in [0.25, 0.3) is 0 Å². The van der Waals surface area contributed by atoms with Crippen molar-refractivity contribution in [3.8, 4) is 34.3 Å². The highest BCUT2D eigenvalue weighted by Gasteiger charge is 2.48. The van der Waals surface area contributed by atoms with Crippen LogP contribution in [0.15, 0.2) is 45.6 Å². The first-order valence-corrected chi connectivity index (χ1v) is 10.3. The second-order valence-corrected chi connectivity index (χ2v) is 7.66. The lowest BCUT2D eigenvalue weighted by Gasteiger charge is -2.38. The summed E-state index contributed by atoms with van der Waals surface area (Å²) in [6, 6.07) is 8.91. The number of methoxy groups -OCH3 is 2. The van der Waals surface area contributed by atoms with Crippen LogP contribution in [0.5, 0.6) is 23.0 Å². The van der Waals surface area contributed by atoms with Crippen LogP contribution in [0.1, 0.15) is 0 Å². The monoisotopic (exact) mass is 490 g/mol. The first-order valence-electron chi connectivity index (χ1n) is 10.3. The first-order chi connectivity index (χ1) is 16.7. The summed E-state index contributed by atoms with van der Waals surface area (Å²) in [5, 5.41) is 49.7. The van der Waals surface area contributed by atoms with Gasteiger partial charge >= 0.3 is 5.97 Å². The summed E-state index contributed by atoms with van der Waals surface area (Å²) in [5.41, 5.74) is -0.376. The van der Waals surface area contributed by atoms with Crippen LogP contribution in [0, 0.1) is 0 Å². The third kappa shape index (κ3) is 4.23. The molecule has 1 aliphatic rings. The average molecular weight is 490 g/mol. The Kier molecular flexibility index (Phi) is 6.54. The summed E-state index contributed by atoms with van der Waals surface area (Å²) in [7, 11) is 2.67. The first kappa shape index (κ1) is 24.3. The van der Waals surface area contributed by atoms with Gasteiger partial charge in [-0.3, -0.25) is 4.79 Å². The fourth-order valence-electron chi connectivity index (χ4n) is 3.81. The van der Waals surface area contributed by atoms with Crippen molar-refractivity contribution in [2.24, 2.45) is 0 Å². The van der Waals surface area contributed by atoms with Crippen molar-refractivity contribution in [3.05, 3.63) is 46.6 Å². The maximum Gasteiger partial charge on any atom is 0.335 e. The minimum Gasteiger partial charge on any atom is -0.507 e. The van der Waals surface area contributed by atoms with E-state index in [-0.39, 0.29) is 28.2 Å².